The maximum atomic E-state index is 13.4. The number of anilines is 1. The lowest BCUT2D eigenvalue weighted by molar-refractivity contribution is -0.141. The number of piperazine rings is 1. The monoisotopic (exact) mass is 432 g/mol. The molecule has 3 heterocycles. The Bertz CT molecular complexity index is 1110. The molecule has 0 unspecified atom stereocenters. The van der Waals surface area contributed by atoms with Gasteiger partial charge in [-0.2, -0.15) is 4.98 Å². The van der Waals surface area contributed by atoms with E-state index in [0.29, 0.717) is 25.6 Å². The first kappa shape index (κ1) is 22.6. The molecule has 11 nitrogen and oxygen atoms in total. The SMILES string of the molecule is CC#CCn1c(N2CCNCC2)nc2c1c(=O)n(CCOCC)c(=O)n2CC(=O)OC. The Balaban J connectivity index is 2.28. The third kappa shape index (κ3) is 4.65. The van der Waals surface area contributed by atoms with E-state index in [2.05, 4.69) is 22.1 Å². The zero-order chi connectivity index (χ0) is 22.4. The largest absolute Gasteiger partial charge is 0.468 e. The van der Waals surface area contributed by atoms with E-state index in [1.54, 1.807) is 11.5 Å². The van der Waals surface area contributed by atoms with E-state index in [9.17, 15) is 14.4 Å². The second-order valence-electron chi connectivity index (χ2n) is 6.93. The molecule has 0 amide bonds. The molecule has 0 bridgehead atoms. The predicted molar refractivity (Wildman–Crippen MR) is 115 cm³/mol. The number of carbonyl (C=O) groups is 1. The summed E-state index contributed by atoms with van der Waals surface area (Å²) in [6, 6.07) is 0. The number of rotatable bonds is 8. The third-order valence-electron chi connectivity index (χ3n) is 5.09. The van der Waals surface area contributed by atoms with Gasteiger partial charge in [0.25, 0.3) is 5.56 Å². The highest BCUT2D eigenvalue weighted by molar-refractivity contribution is 5.77. The first-order chi connectivity index (χ1) is 15.0. The summed E-state index contributed by atoms with van der Waals surface area (Å²) in [6.45, 7) is 7.11. The van der Waals surface area contributed by atoms with Crippen molar-refractivity contribution in [2.45, 2.75) is 33.5 Å². The van der Waals surface area contributed by atoms with Crippen molar-refractivity contribution < 1.29 is 14.3 Å². The summed E-state index contributed by atoms with van der Waals surface area (Å²) < 4.78 is 14.1. The molecule has 1 N–H and O–H groups in total. The van der Waals surface area contributed by atoms with Crippen LogP contribution in [0.5, 0.6) is 0 Å². The van der Waals surface area contributed by atoms with Gasteiger partial charge in [-0.1, -0.05) is 5.92 Å². The Kier molecular flexibility index (Phi) is 7.49. The van der Waals surface area contributed by atoms with Crippen LogP contribution in [0.1, 0.15) is 13.8 Å². The van der Waals surface area contributed by atoms with Crippen molar-refractivity contribution in [3.63, 3.8) is 0 Å². The highest BCUT2D eigenvalue weighted by Gasteiger charge is 2.25. The number of carbonyl (C=O) groups excluding carboxylic acids is 1. The molecule has 0 atom stereocenters. The Morgan fingerprint density at radius 1 is 1.19 bits per heavy atom. The molecule has 2 aromatic heterocycles. The van der Waals surface area contributed by atoms with Crippen molar-refractivity contribution in [3.05, 3.63) is 20.8 Å². The van der Waals surface area contributed by atoms with E-state index in [0.717, 1.165) is 17.7 Å². The molecule has 1 fully saturated rings. The molecule has 0 spiro atoms. The van der Waals surface area contributed by atoms with Gasteiger partial charge in [-0.15, -0.1) is 5.92 Å². The average molecular weight is 432 g/mol. The number of fused-ring (bicyclic) bond motifs is 1. The van der Waals surface area contributed by atoms with Crippen molar-refractivity contribution in [1.82, 2.24) is 24.0 Å². The summed E-state index contributed by atoms with van der Waals surface area (Å²) in [5.74, 6) is 5.78. The normalized spacial score (nSPS) is 13.8. The Morgan fingerprint density at radius 3 is 2.58 bits per heavy atom. The standard InChI is InChI=1S/C20H28N6O5/c1-4-6-9-24-16-17(22-19(24)23-10-7-21-8-11-23)26(14-15(27)30-3)20(29)25(18(16)28)12-13-31-5-2/h21H,5,7-14H2,1-3H3. The first-order valence-electron chi connectivity index (χ1n) is 10.3. The molecular weight excluding hydrogens is 404 g/mol. The van der Waals surface area contributed by atoms with Gasteiger partial charge in [-0.05, 0) is 13.8 Å². The minimum atomic E-state index is -0.624. The van der Waals surface area contributed by atoms with Crippen LogP contribution >= 0.6 is 0 Å². The number of hydrogen-bond donors (Lipinski definition) is 1. The summed E-state index contributed by atoms with van der Waals surface area (Å²) in [4.78, 5) is 45.2. The van der Waals surface area contributed by atoms with E-state index in [-0.39, 0.29) is 37.4 Å². The predicted octanol–water partition coefficient (Wildman–Crippen LogP) is -0.998. The number of nitrogens with one attached hydrogen (secondary N) is 1. The van der Waals surface area contributed by atoms with Gasteiger partial charge < -0.3 is 19.7 Å². The fraction of sp³-hybridized carbons (Fsp3) is 0.600. The van der Waals surface area contributed by atoms with Crippen LogP contribution < -0.4 is 21.5 Å². The van der Waals surface area contributed by atoms with Gasteiger partial charge in [-0.3, -0.25) is 23.3 Å². The van der Waals surface area contributed by atoms with Gasteiger partial charge in [0.05, 0.1) is 26.8 Å². The zero-order valence-electron chi connectivity index (χ0n) is 18.1. The van der Waals surface area contributed by atoms with Crippen LogP contribution in [0.15, 0.2) is 9.59 Å². The number of nitrogens with zero attached hydrogens (tertiary/aromatic N) is 5. The number of methoxy groups -OCH3 is 1. The molecule has 1 aliphatic rings. The third-order valence-corrected chi connectivity index (χ3v) is 5.09. The minimum Gasteiger partial charge on any atom is -0.468 e. The Morgan fingerprint density at radius 2 is 1.94 bits per heavy atom. The average Bonchev–Trinajstić information content (AvgIpc) is 3.17. The summed E-state index contributed by atoms with van der Waals surface area (Å²) in [5.41, 5.74) is -0.718. The molecule has 168 valence electrons. The molecule has 0 saturated carbocycles. The topological polar surface area (TPSA) is 113 Å². The van der Waals surface area contributed by atoms with Crippen molar-refractivity contribution >= 4 is 23.1 Å². The second-order valence-corrected chi connectivity index (χ2v) is 6.93. The summed E-state index contributed by atoms with van der Waals surface area (Å²) in [6.07, 6.45) is 0. The van der Waals surface area contributed by atoms with Crippen LogP contribution in [0.25, 0.3) is 11.2 Å². The molecule has 0 aliphatic carbocycles. The molecule has 3 rings (SSSR count). The highest BCUT2D eigenvalue weighted by Crippen LogP contribution is 2.20. The first-order valence-corrected chi connectivity index (χ1v) is 10.3. The van der Waals surface area contributed by atoms with Gasteiger partial charge in [0.15, 0.2) is 11.2 Å². The lowest BCUT2D eigenvalue weighted by Crippen LogP contribution is -2.44. The number of hydrogen-bond acceptors (Lipinski definition) is 8. The molecule has 0 radical (unpaired) electrons. The van der Waals surface area contributed by atoms with E-state index in [1.165, 1.54) is 11.7 Å². The van der Waals surface area contributed by atoms with Crippen molar-refractivity contribution in [3.8, 4) is 11.8 Å². The summed E-state index contributed by atoms with van der Waals surface area (Å²) in [5, 5.41) is 3.28. The van der Waals surface area contributed by atoms with Crippen molar-refractivity contribution in [2.24, 2.45) is 0 Å². The van der Waals surface area contributed by atoms with Crippen molar-refractivity contribution in [1.29, 1.82) is 0 Å². The van der Waals surface area contributed by atoms with E-state index in [4.69, 9.17) is 9.47 Å². The van der Waals surface area contributed by atoms with Crippen molar-refractivity contribution in [2.75, 3.05) is 51.4 Å². The molecule has 11 heteroatoms. The van der Waals surface area contributed by atoms with Crippen LogP contribution in [0.4, 0.5) is 5.95 Å². The second kappa shape index (κ2) is 10.3. The maximum Gasteiger partial charge on any atom is 0.333 e. The quantitative estimate of drug-likeness (QED) is 0.321. The number of imidazole rings is 1. The van der Waals surface area contributed by atoms with Crippen LogP contribution in [0, 0.1) is 11.8 Å². The Hall–Kier alpha value is -3.10. The van der Waals surface area contributed by atoms with E-state index >= 15 is 0 Å². The lowest BCUT2D eigenvalue weighted by Gasteiger charge is -2.28. The van der Waals surface area contributed by atoms with E-state index < -0.39 is 17.2 Å². The summed E-state index contributed by atoms with van der Waals surface area (Å²) in [7, 11) is 1.25. The summed E-state index contributed by atoms with van der Waals surface area (Å²) >= 11 is 0. The lowest BCUT2D eigenvalue weighted by atomic mass is 10.4. The van der Waals surface area contributed by atoms with Crippen LogP contribution in [0.3, 0.4) is 0 Å². The number of esters is 1. The molecule has 31 heavy (non-hydrogen) atoms. The highest BCUT2D eigenvalue weighted by atomic mass is 16.5. The molecule has 1 saturated heterocycles. The number of ether oxygens (including phenoxy) is 2. The minimum absolute atomic E-state index is 0.0657. The van der Waals surface area contributed by atoms with Crippen LogP contribution in [-0.2, 0) is 33.9 Å². The van der Waals surface area contributed by atoms with Gasteiger partial charge in [0, 0.05) is 32.8 Å². The molecule has 0 aromatic carbocycles. The van der Waals surface area contributed by atoms with Gasteiger partial charge >= 0.3 is 11.7 Å². The van der Waals surface area contributed by atoms with Gasteiger partial charge in [0.2, 0.25) is 5.95 Å². The smallest absolute Gasteiger partial charge is 0.333 e. The maximum absolute atomic E-state index is 13.4. The van der Waals surface area contributed by atoms with E-state index in [1.807, 2.05) is 11.8 Å². The fourth-order valence-corrected chi connectivity index (χ4v) is 3.53. The van der Waals surface area contributed by atoms with Gasteiger partial charge in [-0.25, -0.2) is 4.79 Å². The molecule has 1 aliphatic heterocycles. The molecular formula is C20H28N6O5. The van der Waals surface area contributed by atoms with Crippen LogP contribution in [0.2, 0.25) is 0 Å². The molecule has 2 aromatic rings. The van der Waals surface area contributed by atoms with Gasteiger partial charge in [0.1, 0.15) is 6.54 Å². The zero-order valence-corrected chi connectivity index (χ0v) is 18.1. The Labute approximate surface area is 179 Å². The number of aromatic nitrogens is 4. The fourth-order valence-electron chi connectivity index (χ4n) is 3.53. The van der Waals surface area contributed by atoms with Crippen LogP contribution in [-0.4, -0.2) is 71.2 Å².